The number of hydrogen-bond acceptors (Lipinski definition) is 5. The molecular formula is C12H10F3N3OS2. The summed E-state index contributed by atoms with van der Waals surface area (Å²) in [6.45, 7) is 1.92. The van der Waals surface area contributed by atoms with Crippen molar-refractivity contribution in [2.45, 2.75) is 18.0 Å². The summed E-state index contributed by atoms with van der Waals surface area (Å²) in [5, 5.41) is 7.37. The number of thioether (sulfide) groups is 1. The molecule has 112 valence electrons. The second-order valence-electron chi connectivity index (χ2n) is 4.01. The van der Waals surface area contributed by atoms with E-state index in [4.69, 9.17) is 0 Å². The molecule has 4 nitrogen and oxygen atoms in total. The Hall–Kier alpha value is -1.61. The lowest BCUT2D eigenvalue weighted by Gasteiger charge is -2.04. The number of halogens is 3. The summed E-state index contributed by atoms with van der Waals surface area (Å²) in [5.41, 5.74) is 1.03. The molecule has 9 heteroatoms. The molecule has 1 aromatic heterocycles. The lowest BCUT2D eigenvalue weighted by molar-refractivity contribution is -0.138. The van der Waals surface area contributed by atoms with Crippen molar-refractivity contribution < 1.29 is 18.0 Å². The van der Waals surface area contributed by atoms with Crippen LogP contribution >= 0.6 is 23.1 Å². The number of rotatable bonds is 4. The molecule has 0 saturated carbocycles. The van der Waals surface area contributed by atoms with E-state index in [1.54, 1.807) is 0 Å². The molecular weight excluding hydrogens is 323 g/mol. The minimum absolute atomic E-state index is 0.0891. The van der Waals surface area contributed by atoms with Gasteiger partial charge in [0.25, 0.3) is 0 Å². The number of nitrogens with one attached hydrogen (secondary N) is 1. The van der Waals surface area contributed by atoms with Gasteiger partial charge in [0.05, 0.1) is 5.75 Å². The van der Waals surface area contributed by atoms with E-state index in [0.717, 1.165) is 10.5 Å². The molecule has 1 amide bonds. The van der Waals surface area contributed by atoms with Crippen molar-refractivity contribution in [3.05, 3.63) is 34.8 Å². The molecule has 0 aliphatic carbocycles. The molecule has 0 bridgehead atoms. The zero-order chi connectivity index (χ0) is 15.5. The Bertz CT molecular complexity index is 643. The van der Waals surface area contributed by atoms with Crippen molar-refractivity contribution in [1.29, 1.82) is 0 Å². The monoisotopic (exact) mass is 333 g/mol. The summed E-state index contributed by atoms with van der Waals surface area (Å²) >= 11 is 1.61. The van der Waals surface area contributed by atoms with E-state index in [9.17, 15) is 18.0 Å². The van der Waals surface area contributed by atoms with Crippen molar-refractivity contribution in [2.24, 2.45) is 0 Å². The number of amides is 1. The van der Waals surface area contributed by atoms with Crippen LogP contribution in [0.5, 0.6) is 0 Å². The van der Waals surface area contributed by atoms with Crippen LogP contribution in [0.2, 0.25) is 0 Å². The molecule has 2 aromatic rings. The molecule has 1 heterocycles. The second kappa shape index (κ2) is 6.44. The van der Waals surface area contributed by atoms with Crippen LogP contribution in [0.3, 0.4) is 0 Å². The molecule has 0 spiro atoms. The van der Waals surface area contributed by atoms with Gasteiger partial charge >= 0.3 is 6.18 Å². The Balaban J connectivity index is 1.90. The summed E-state index contributed by atoms with van der Waals surface area (Å²) in [5.74, 6) is -0.334. The number of nitrogens with zero attached hydrogens (tertiary/aromatic N) is 2. The topological polar surface area (TPSA) is 54.9 Å². The molecule has 0 fully saturated rings. The number of benzene rings is 1. The van der Waals surface area contributed by atoms with Crippen LogP contribution < -0.4 is 5.32 Å². The van der Waals surface area contributed by atoms with Crippen LogP contribution in [0.25, 0.3) is 0 Å². The molecule has 1 aromatic carbocycles. The second-order valence-corrected chi connectivity index (χ2v) is 6.01. The molecule has 0 radical (unpaired) electrons. The highest BCUT2D eigenvalue weighted by atomic mass is 32.2. The van der Waals surface area contributed by atoms with Crippen LogP contribution in [-0.2, 0) is 11.0 Å². The molecule has 21 heavy (non-hydrogen) atoms. The standard InChI is InChI=1S/C12H10F3N3OS2/c1-7-4-2-3-5-8(7)20-6-9(19)16-11-18-17-10(21-11)12(13,14)15/h2-5H,6H2,1H3,(H,16,18,19). The van der Waals surface area contributed by atoms with Crippen LogP contribution in [0, 0.1) is 6.92 Å². The number of aromatic nitrogens is 2. The molecule has 0 aliphatic rings. The molecule has 0 unspecified atom stereocenters. The van der Waals surface area contributed by atoms with E-state index in [1.807, 2.05) is 31.2 Å². The van der Waals surface area contributed by atoms with Gasteiger partial charge in [0.1, 0.15) is 0 Å². The first-order chi connectivity index (χ1) is 9.86. The quantitative estimate of drug-likeness (QED) is 0.869. The number of aryl methyl sites for hydroxylation is 1. The smallest absolute Gasteiger partial charge is 0.300 e. The summed E-state index contributed by atoms with van der Waals surface area (Å²) < 4.78 is 37.0. The average Bonchev–Trinajstić information content (AvgIpc) is 2.86. The summed E-state index contributed by atoms with van der Waals surface area (Å²) in [6.07, 6.45) is -4.55. The lowest BCUT2D eigenvalue weighted by atomic mass is 10.2. The van der Waals surface area contributed by atoms with Gasteiger partial charge in [0.15, 0.2) is 0 Å². The van der Waals surface area contributed by atoms with E-state index in [1.165, 1.54) is 11.8 Å². The number of carbonyl (C=O) groups is 1. The van der Waals surface area contributed by atoms with Crippen LogP contribution in [-0.4, -0.2) is 21.9 Å². The lowest BCUT2D eigenvalue weighted by Crippen LogP contribution is -2.13. The first-order valence-corrected chi connectivity index (χ1v) is 7.55. The third-order valence-electron chi connectivity index (χ3n) is 2.37. The van der Waals surface area contributed by atoms with Crippen molar-refractivity contribution in [1.82, 2.24) is 10.2 Å². The van der Waals surface area contributed by atoms with Gasteiger partial charge in [-0.2, -0.15) is 13.2 Å². The van der Waals surface area contributed by atoms with Gasteiger partial charge in [-0.25, -0.2) is 0 Å². The largest absolute Gasteiger partial charge is 0.445 e. The number of anilines is 1. The van der Waals surface area contributed by atoms with E-state index < -0.39 is 17.1 Å². The fraction of sp³-hybridized carbons (Fsp3) is 0.250. The van der Waals surface area contributed by atoms with Gasteiger partial charge < -0.3 is 0 Å². The molecule has 0 saturated heterocycles. The maximum Gasteiger partial charge on any atom is 0.445 e. The average molecular weight is 333 g/mol. The number of alkyl halides is 3. The van der Waals surface area contributed by atoms with Crippen molar-refractivity contribution in [2.75, 3.05) is 11.1 Å². The zero-order valence-electron chi connectivity index (χ0n) is 10.8. The Morgan fingerprint density at radius 1 is 1.33 bits per heavy atom. The van der Waals surface area contributed by atoms with Gasteiger partial charge in [-0.15, -0.1) is 22.0 Å². The van der Waals surface area contributed by atoms with Gasteiger partial charge in [-0.1, -0.05) is 29.5 Å². The van der Waals surface area contributed by atoms with Crippen molar-refractivity contribution in [3.63, 3.8) is 0 Å². The third kappa shape index (κ3) is 4.43. The fourth-order valence-corrected chi connectivity index (χ4v) is 2.86. The van der Waals surface area contributed by atoms with Crippen molar-refractivity contribution >= 4 is 34.1 Å². The predicted octanol–water partition coefficient (Wildman–Crippen LogP) is 3.60. The Kier molecular flexibility index (Phi) is 4.84. The number of carbonyl (C=O) groups excluding carboxylic acids is 1. The minimum Gasteiger partial charge on any atom is -0.300 e. The van der Waals surface area contributed by atoms with Crippen LogP contribution in [0.1, 0.15) is 10.6 Å². The predicted molar refractivity (Wildman–Crippen MR) is 75.4 cm³/mol. The Morgan fingerprint density at radius 2 is 2.05 bits per heavy atom. The number of hydrogen-bond donors (Lipinski definition) is 1. The molecule has 0 aliphatic heterocycles. The fourth-order valence-electron chi connectivity index (χ4n) is 1.41. The Morgan fingerprint density at radius 3 is 2.67 bits per heavy atom. The molecule has 0 atom stereocenters. The van der Waals surface area contributed by atoms with E-state index in [-0.39, 0.29) is 10.9 Å². The van der Waals surface area contributed by atoms with E-state index in [0.29, 0.717) is 11.3 Å². The van der Waals surface area contributed by atoms with Crippen LogP contribution in [0.15, 0.2) is 29.2 Å². The minimum atomic E-state index is -4.55. The summed E-state index contributed by atoms with van der Waals surface area (Å²) in [7, 11) is 0. The first kappa shape index (κ1) is 15.8. The van der Waals surface area contributed by atoms with E-state index >= 15 is 0 Å². The van der Waals surface area contributed by atoms with Gasteiger partial charge in [0, 0.05) is 4.90 Å². The highest BCUT2D eigenvalue weighted by Crippen LogP contribution is 2.33. The molecule has 2 rings (SSSR count). The highest BCUT2D eigenvalue weighted by molar-refractivity contribution is 8.00. The first-order valence-electron chi connectivity index (χ1n) is 5.75. The highest BCUT2D eigenvalue weighted by Gasteiger charge is 2.35. The SMILES string of the molecule is Cc1ccccc1SCC(=O)Nc1nnc(C(F)(F)F)s1. The Labute approximate surface area is 126 Å². The summed E-state index contributed by atoms with van der Waals surface area (Å²) in [6, 6.07) is 7.54. The maximum atomic E-state index is 12.3. The molecule has 1 N–H and O–H groups in total. The van der Waals surface area contributed by atoms with Gasteiger partial charge in [0.2, 0.25) is 16.0 Å². The van der Waals surface area contributed by atoms with Crippen molar-refractivity contribution in [3.8, 4) is 0 Å². The van der Waals surface area contributed by atoms with Gasteiger partial charge in [-0.05, 0) is 18.6 Å². The zero-order valence-corrected chi connectivity index (χ0v) is 12.4. The third-order valence-corrected chi connectivity index (χ3v) is 4.43. The maximum absolute atomic E-state index is 12.3. The van der Waals surface area contributed by atoms with E-state index in [2.05, 4.69) is 15.5 Å². The normalized spacial score (nSPS) is 11.4. The van der Waals surface area contributed by atoms with Crippen LogP contribution in [0.4, 0.5) is 18.3 Å². The summed E-state index contributed by atoms with van der Waals surface area (Å²) in [4.78, 5) is 12.6. The van der Waals surface area contributed by atoms with Gasteiger partial charge in [-0.3, -0.25) is 10.1 Å².